The normalized spacial score (nSPS) is 12.4. The molecule has 15 heavy (non-hydrogen) atoms. The summed E-state index contributed by atoms with van der Waals surface area (Å²) in [5, 5.41) is 3.56. The first kappa shape index (κ1) is 12.0. The molecule has 0 N–H and O–H groups in total. The fourth-order valence-corrected chi connectivity index (χ4v) is 1.01. The number of ether oxygens (including phenoxy) is 2. The van der Waals surface area contributed by atoms with Gasteiger partial charge in [0.1, 0.15) is 0 Å². The van der Waals surface area contributed by atoms with E-state index >= 15 is 0 Å². The number of hydrogen-bond acceptors (Lipinski definition) is 3. The highest BCUT2D eigenvalue weighted by atomic mass is 19.4. The van der Waals surface area contributed by atoms with Gasteiger partial charge in [-0.05, 0) is 0 Å². The van der Waals surface area contributed by atoms with E-state index in [0.717, 1.165) is 17.1 Å². The maximum atomic E-state index is 12.2. The minimum Gasteiger partial charge on any atom is -0.354 e. The fourth-order valence-electron chi connectivity index (χ4n) is 1.01. The Hall–Kier alpha value is -1.08. The SMILES string of the molecule is COC(Cn1cc(C(F)(F)F)cn1)OC. The molecule has 0 amide bonds. The van der Waals surface area contributed by atoms with Crippen molar-refractivity contribution in [2.24, 2.45) is 0 Å². The van der Waals surface area contributed by atoms with E-state index in [9.17, 15) is 13.2 Å². The van der Waals surface area contributed by atoms with Crippen molar-refractivity contribution >= 4 is 0 Å². The Balaban J connectivity index is 2.68. The summed E-state index contributed by atoms with van der Waals surface area (Å²) in [6.45, 7) is 0.114. The predicted molar refractivity (Wildman–Crippen MR) is 45.0 cm³/mol. The Labute approximate surface area is 84.6 Å². The summed E-state index contributed by atoms with van der Waals surface area (Å²) < 4.78 is 47.4. The number of halogens is 3. The predicted octanol–water partition coefficient (Wildman–Crippen LogP) is 1.52. The van der Waals surface area contributed by atoms with Crippen LogP contribution in [-0.4, -0.2) is 30.3 Å². The molecule has 0 aliphatic heterocycles. The molecule has 1 heterocycles. The van der Waals surface area contributed by atoms with Crippen LogP contribution in [0.1, 0.15) is 5.56 Å². The summed E-state index contributed by atoms with van der Waals surface area (Å²) in [6, 6.07) is 0. The summed E-state index contributed by atoms with van der Waals surface area (Å²) in [5.74, 6) is 0. The molecule has 1 aromatic rings. The molecule has 0 fully saturated rings. The molecule has 0 saturated carbocycles. The van der Waals surface area contributed by atoms with E-state index in [1.807, 2.05) is 0 Å². The van der Waals surface area contributed by atoms with Crippen molar-refractivity contribution in [1.82, 2.24) is 9.78 Å². The van der Waals surface area contributed by atoms with Gasteiger partial charge in [-0.3, -0.25) is 4.68 Å². The van der Waals surface area contributed by atoms with Crippen molar-refractivity contribution in [3.05, 3.63) is 18.0 Å². The van der Waals surface area contributed by atoms with Gasteiger partial charge in [0, 0.05) is 20.4 Å². The molecule has 0 unspecified atom stereocenters. The second kappa shape index (κ2) is 4.63. The Morgan fingerprint density at radius 3 is 2.40 bits per heavy atom. The number of hydrogen-bond donors (Lipinski definition) is 0. The van der Waals surface area contributed by atoms with Gasteiger partial charge in [0.15, 0.2) is 6.29 Å². The van der Waals surface area contributed by atoms with Gasteiger partial charge in [0.05, 0.1) is 18.3 Å². The van der Waals surface area contributed by atoms with Gasteiger partial charge in [0.25, 0.3) is 0 Å². The zero-order valence-electron chi connectivity index (χ0n) is 8.28. The summed E-state index contributed by atoms with van der Waals surface area (Å²) in [7, 11) is 2.81. The maximum absolute atomic E-state index is 12.2. The molecule has 0 aliphatic carbocycles. The van der Waals surface area contributed by atoms with Crippen molar-refractivity contribution in [2.75, 3.05) is 14.2 Å². The van der Waals surface area contributed by atoms with Crippen molar-refractivity contribution in [3.63, 3.8) is 0 Å². The molecule has 0 atom stereocenters. The van der Waals surface area contributed by atoms with Crippen LogP contribution in [0, 0.1) is 0 Å². The monoisotopic (exact) mass is 224 g/mol. The smallest absolute Gasteiger partial charge is 0.354 e. The number of aromatic nitrogens is 2. The van der Waals surface area contributed by atoms with Crippen LogP contribution in [0.5, 0.6) is 0 Å². The molecule has 0 radical (unpaired) electrons. The molecule has 0 aromatic carbocycles. The largest absolute Gasteiger partial charge is 0.419 e. The molecule has 1 aromatic heterocycles. The molecule has 7 heteroatoms. The van der Waals surface area contributed by atoms with Crippen molar-refractivity contribution in [2.45, 2.75) is 19.0 Å². The molecule has 0 aliphatic rings. The van der Waals surface area contributed by atoms with E-state index in [0.29, 0.717) is 0 Å². The highest BCUT2D eigenvalue weighted by molar-refractivity contribution is 5.08. The van der Waals surface area contributed by atoms with Gasteiger partial charge in [-0.15, -0.1) is 0 Å². The number of methoxy groups -OCH3 is 2. The highest BCUT2D eigenvalue weighted by Gasteiger charge is 2.32. The third-order valence-electron chi connectivity index (χ3n) is 1.82. The Kier molecular flexibility index (Phi) is 3.70. The molecule has 1 rings (SSSR count). The van der Waals surface area contributed by atoms with Gasteiger partial charge < -0.3 is 9.47 Å². The first-order valence-electron chi connectivity index (χ1n) is 4.12. The molecule has 0 bridgehead atoms. The Bertz CT molecular complexity index is 307. The summed E-state index contributed by atoms with van der Waals surface area (Å²) in [4.78, 5) is 0. The molecule has 0 spiro atoms. The maximum Gasteiger partial charge on any atom is 0.419 e. The van der Waals surface area contributed by atoms with Crippen LogP contribution in [0.4, 0.5) is 13.2 Å². The second-order valence-electron chi connectivity index (χ2n) is 2.85. The third kappa shape index (κ3) is 3.21. The van der Waals surface area contributed by atoms with Crippen LogP contribution in [-0.2, 0) is 22.2 Å². The first-order valence-corrected chi connectivity index (χ1v) is 4.12. The second-order valence-corrected chi connectivity index (χ2v) is 2.85. The molecular weight excluding hydrogens is 213 g/mol. The number of rotatable bonds is 4. The van der Waals surface area contributed by atoms with E-state index < -0.39 is 18.0 Å². The zero-order valence-corrected chi connectivity index (χ0v) is 8.28. The quantitative estimate of drug-likeness (QED) is 0.727. The van der Waals surface area contributed by atoms with Crippen LogP contribution in [0.15, 0.2) is 12.4 Å². The zero-order chi connectivity index (χ0) is 11.5. The van der Waals surface area contributed by atoms with Crippen LogP contribution in [0.3, 0.4) is 0 Å². The lowest BCUT2D eigenvalue weighted by molar-refractivity contribution is -0.138. The molecule has 86 valence electrons. The lowest BCUT2D eigenvalue weighted by Gasteiger charge is -2.12. The Morgan fingerprint density at radius 2 is 2.00 bits per heavy atom. The third-order valence-corrected chi connectivity index (χ3v) is 1.82. The minimum atomic E-state index is -4.37. The van der Waals surface area contributed by atoms with Crippen LogP contribution < -0.4 is 0 Å². The van der Waals surface area contributed by atoms with E-state index in [4.69, 9.17) is 9.47 Å². The minimum absolute atomic E-state index is 0.114. The van der Waals surface area contributed by atoms with Gasteiger partial charge in [-0.2, -0.15) is 18.3 Å². The van der Waals surface area contributed by atoms with Crippen LogP contribution in [0.2, 0.25) is 0 Å². The van der Waals surface area contributed by atoms with E-state index in [-0.39, 0.29) is 6.54 Å². The highest BCUT2D eigenvalue weighted by Crippen LogP contribution is 2.28. The summed E-state index contributed by atoms with van der Waals surface area (Å²) >= 11 is 0. The van der Waals surface area contributed by atoms with E-state index in [1.165, 1.54) is 14.2 Å². The standard InChI is InChI=1S/C8H11F3N2O2/c1-14-7(15-2)5-13-4-6(3-12-13)8(9,10)11/h3-4,7H,5H2,1-2H3. The lowest BCUT2D eigenvalue weighted by Crippen LogP contribution is -2.20. The van der Waals surface area contributed by atoms with Crippen molar-refractivity contribution in [1.29, 1.82) is 0 Å². The van der Waals surface area contributed by atoms with E-state index in [1.54, 1.807) is 0 Å². The topological polar surface area (TPSA) is 36.3 Å². The van der Waals surface area contributed by atoms with Gasteiger partial charge >= 0.3 is 6.18 Å². The van der Waals surface area contributed by atoms with E-state index in [2.05, 4.69) is 5.10 Å². The van der Waals surface area contributed by atoms with Crippen LogP contribution >= 0.6 is 0 Å². The average molecular weight is 224 g/mol. The van der Waals surface area contributed by atoms with Gasteiger partial charge in [0.2, 0.25) is 0 Å². The molecule has 0 saturated heterocycles. The number of alkyl halides is 3. The number of nitrogens with zero attached hydrogens (tertiary/aromatic N) is 2. The summed E-state index contributed by atoms with van der Waals surface area (Å²) in [5.41, 5.74) is -0.784. The van der Waals surface area contributed by atoms with Crippen molar-refractivity contribution < 1.29 is 22.6 Å². The average Bonchev–Trinajstić information content (AvgIpc) is 2.61. The molecule has 4 nitrogen and oxygen atoms in total. The van der Waals surface area contributed by atoms with Crippen molar-refractivity contribution in [3.8, 4) is 0 Å². The van der Waals surface area contributed by atoms with Crippen LogP contribution in [0.25, 0.3) is 0 Å². The van der Waals surface area contributed by atoms with Gasteiger partial charge in [-0.25, -0.2) is 0 Å². The Morgan fingerprint density at radius 1 is 1.40 bits per heavy atom. The first-order chi connectivity index (χ1) is 6.97. The van der Waals surface area contributed by atoms with Gasteiger partial charge in [-0.1, -0.05) is 0 Å². The molecular formula is C8H11F3N2O2. The summed E-state index contributed by atoms with van der Waals surface area (Å²) in [6.07, 6.45) is -3.30. The lowest BCUT2D eigenvalue weighted by atomic mass is 10.4. The fraction of sp³-hybridized carbons (Fsp3) is 0.625.